The van der Waals surface area contributed by atoms with Crippen molar-refractivity contribution in [3.05, 3.63) is 110 Å². The minimum Gasteiger partial charge on any atom is -0.491 e. The van der Waals surface area contributed by atoms with Crippen LogP contribution >= 0.6 is 23.2 Å². The Morgan fingerprint density at radius 2 is 1.38 bits per heavy atom. The van der Waals surface area contributed by atoms with Crippen LogP contribution in [0.15, 0.2) is 71.5 Å². The van der Waals surface area contributed by atoms with Crippen LogP contribution in [0.5, 0.6) is 5.75 Å². The number of carbonyl (C=O) groups excluding carboxylic acids is 2. The zero-order valence-corrected chi connectivity index (χ0v) is 21.7. The minimum absolute atomic E-state index is 0.133. The fourth-order valence-corrected chi connectivity index (χ4v) is 4.89. The van der Waals surface area contributed by atoms with Crippen LogP contribution in [0.4, 0.5) is 0 Å². The predicted molar refractivity (Wildman–Crippen MR) is 145 cm³/mol. The van der Waals surface area contributed by atoms with E-state index in [0.717, 1.165) is 23.3 Å². The molecular weight excluding hydrogens is 511 g/mol. The van der Waals surface area contributed by atoms with Gasteiger partial charge in [0.1, 0.15) is 5.75 Å². The van der Waals surface area contributed by atoms with Gasteiger partial charge in [-0.1, -0.05) is 79.0 Å². The highest BCUT2D eigenvalue weighted by Gasteiger charge is 2.36. The second-order valence-corrected chi connectivity index (χ2v) is 9.72. The second-order valence-electron chi connectivity index (χ2n) is 8.91. The maximum absolute atomic E-state index is 13.9. The maximum Gasteiger partial charge on any atom is 0.261 e. The molecule has 4 aromatic rings. The van der Waals surface area contributed by atoms with Crippen LogP contribution in [-0.2, 0) is 13.1 Å². The number of carbonyl (C=O) groups is 2. The lowest BCUT2D eigenvalue weighted by atomic mass is 10.1. The minimum atomic E-state index is -0.409. The monoisotopic (exact) mass is 534 g/mol. The molecule has 8 heteroatoms. The van der Waals surface area contributed by atoms with Gasteiger partial charge in [-0.3, -0.25) is 19.3 Å². The molecule has 2 heterocycles. The molecule has 0 spiro atoms. The van der Waals surface area contributed by atoms with Gasteiger partial charge in [-0.05, 0) is 36.2 Å². The highest BCUT2D eigenvalue weighted by atomic mass is 35.5. The molecule has 0 radical (unpaired) electrons. The van der Waals surface area contributed by atoms with Crippen molar-refractivity contribution in [2.45, 2.75) is 32.9 Å². The Hall–Kier alpha value is -3.61. The Morgan fingerprint density at radius 3 is 2.00 bits per heavy atom. The molecule has 0 saturated heterocycles. The molecule has 0 N–H and O–H groups in total. The average Bonchev–Trinajstić information content (AvgIpc) is 3.15. The highest BCUT2D eigenvalue weighted by Crippen LogP contribution is 2.36. The summed E-state index contributed by atoms with van der Waals surface area (Å²) in [5, 5.41) is 1.38. The molecule has 0 aliphatic carbocycles. The Bertz CT molecular complexity index is 1550. The van der Waals surface area contributed by atoms with Crippen molar-refractivity contribution in [2.75, 3.05) is 6.61 Å². The third kappa shape index (κ3) is 4.63. The van der Waals surface area contributed by atoms with Gasteiger partial charge in [-0.15, -0.1) is 0 Å². The number of nitrogens with zero attached hydrogens (tertiary/aromatic N) is 2. The summed E-state index contributed by atoms with van der Waals surface area (Å²) in [4.78, 5) is 41.5. The first-order valence-corrected chi connectivity index (χ1v) is 12.8. The van der Waals surface area contributed by atoms with Gasteiger partial charge in [0.2, 0.25) is 0 Å². The van der Waals surface area contributed by atoms with E-state index in [9.17, 15) is 14.4 Å². The fraction of sp³-hybridized carbons (Fsp3) is 0.207. The first-order valence-electron chi connectivity index (χ1n) is 12.1. The lowest BCUT2D eigenvalue weighted by Gasteiger charge is -2.23. The number of hydrogen-bond acceptors (Lipinski definition) is 4. The van der Waals surface area contributed by atoms with Gasteiger partial charge in [-0.25, -0.2) is 0 Å². The molecule has 0 fully saturated rings. The molecule has 2 amide bonds. The number of pyridine rings is 1. The summed E-state index contributed by atoms with van der Waals surface area (Å²) in [5.41, 5.74) is 1.67. The first-order chi connectivity index (χ1) is 17.9. The maximum atomic E-state index is 13.9. The lowest BCUT2D eigenvalue weighted by Crippen LogP contribution is -2.34. The number of ether oxygens (including phenoxy) is 1. The molecule has 1 aliphatic rings. The largest absolute Gasteiger partial charge is 0.491 e. The van der Waals surface area contributed by atoms with Crippen molar-refractivity contribution in [1.29, 1.82) is 0 Å². The van der Waals surface area contributed by atoms with Gasteiger partial charge in [0.05, 0.1) is 51.9 Å². The molecule has 0 atom stereocenters. The zero-order valence-electron chi connectivity index (χ0n) is 20.2. The SMILES string of the molecule is CCCCOc1c(CN2C(=O)c3ccccc3C2=O)n(Cc2ccccc2)c(=O)c2cc(Cl)c(Cl)cc12. The molecular formula is C29H24Cl2N2O4. The molecule has 37 heavy (non-hydrogen) atoms. The molecule has 0 bridgehead atoms. The van der Waals surface area contributed by atoms with Crippen molar-refractivity contribution in [2.24, 2.45) is 0 Å². The van der Waals surface area contributed by atoms with Crippen LogP contribution in [0, 0.1) is 0 Å². The van der Waals surface area contributed by atoms with Gasteiger partial charge in [0.25, 0.3) is 17.4 Å². The third-order valence-corrected chi connectivity index (χ3v) is 7.20. The van der Waals surface area contributed by atoms with E-state index >= 15 is 0 Å². The fourth-order valence-electron chi connectivity index (χ4n) is 4.56. The van der Waals surface area contributed by atoms with Crippen molar-refractivity contribution in [1.82, 2.24) is 9.47 Å². The number of benzene rings is 3. The molecule has 5 rings (SSSR count). The Morgan fingerprint density at radius 1 is 0.784 bits per heavy atom. The number of fused-ring (bicyclic) bond motifs is 2. The first kappa shape index (κ1) is 25.1. The number of unbranched alkanes of at least 4 members (excludes halogenated alkanes) is 1. The summed E-state index contributed by atoms with van der Waals surface area (Å²) in [6.45, 7) is 2.53. The summed E-state index contributed by atoms with van der Waals surface area (Å²) < 4.78 is 7.83. The number of amides is 2. The number of imide groups is 1. The number of halogens is 2. The van der Waals surface area contributed by atoms with Crippen molar-refractivity contribution < 1.29 is 14.3 Å². The van der Waals surface area contributed by atoms with E-state index < -0.39 is 11.8 Å². The molecule has 3 aromatic carbocycles. The molecule has 0 unspecified atom stereocenters. The Kier molecular flexibility index (Phi) is 7.04. The van der Waals surface area contributed by atoms with Crippen LogP contribution in [0.2, 0.25) is 10.0 Å². The van der Waals surface area contributed by atoms with E-state index in [1.54, 1.807) is 41.0 Å². The van der Waals surface area contributed by atoms with E-state index in [2.05, 4.69) is 0 Å². The van der Waals surface area contributed by atoms with E-state index in [4.69, 9.17) is 27.9 Å². The number of rotatable bonds is 8. The number of aromatic nitrogens is 1. The topological polar surface area (TPSA) is 68.6 Å². The lowest BCUT2D eigenvalue weighted by molar-refractivity contribution is 0.0637. The number of hydrogen-bond donors (Lipinski definition) is 0. The smallest absolute Gasteiger partial charge is 0.261 e. The van der Waals surface area contributed by atoms with Crippen LogP contribution in [0.25, 0.3) is 10.8 Å². The van der Waals surface area contributed by atoms with Crippen molar-refractivity contribution in [3.8, 4) is 5.75 Å². The van der Waals surface area contributed by atoms with Crippen molar-refractivity contribution in [3.63, 3.8) is 0 Å². The molecule has 1 aromatic heterocycles. The van der Waals surface area contributed by atoms with Crippen LogP contribution in [0.1, 0.15) is 51.7 Å². The molecule has 1 aliphatic heterocycles. The van der Waals surface area contributed by atoms with E-state index in [-0.39, 0.29) is 28.7 Å². The Labute approximate surface area is 224 Å². The van der Waals surface area contributed by atoms with Crippen LogP contribution in [0.3, 0.4) is 0 Å². The quantitative estimate of drug-likeness (QED) is 0.195. The van der Waals surface area contributed by atoms with Gasteiger partial charge >= 0.3 is 0 Å². The van der Waals surface area contributed by atoms with Crippen molar-refractivity contribution >= 4 is 45.8 Å². The van der Waals surface area contributed by atoms with E-state index in [1.165, 1.54) is 0 Å². The average molecular weight is 535 g/mol. The third-order valence-electron chi connectivity index (χ3n) is 6.48. The van der Waals surface area contributed by atoms with Crippen LogP contribution < -0.4 is 10.3 Å². The Balaban J connectivity index is 1.73. The highest BCUT2D eigenvalue weighted by molar-refractivity contribution is 6.42. The summed E-state index contributed by atoms with van der Waals surface area (Å²) in [5.74, 6) is -0.407. The standard InChI is InChI=1S/C29H24Cl2N2O4/c1-2-3-13-37-26-21-14-23(30)24(31)15-22(21)29(36)32(16-18-9-5-4-6-10-18)25(26)17-33-27(34)19-11-7-8-12-20(19)28(33)35/h4-12,14-15H,2-3,13,16-17H2,1H3. The summed E-state index contributed by atoms with van der Waals surface area (Å²) in [6, 6.07) is 19.4. The predicted octanol–water partition coefficient (Wildman–Crippen LogP) is 6.33. The van der Waals surface area contributed by atoms with E-state index in [0.29, 0.717) is 39.9 Å². The molecule has 0 saturated carbocycles. The van der Waals surface area contributed by atoms with Crippen LogP contribution in [-0.4, -0.2) is 27.9 Å². The van der Waals surface area contributed by atoms with Gasteiger partial charge < -0.3 is 9.30 Å². The summed E-state index contributed by atoms with van der Waals surface area (Å²) in [7, 11) is 0. The summed E-state index contributed by atoms with van der Waals surface area (Å²) in [6.07, 6.45) is 1.69. The summed E-state index contributed by atoms with van der Waals surface area (Å²) >= 11 is 12.7. The van der Waals surface area contributed by atoms with Gasteiger partial charge in [0, 0.05) is 5.39 Å². The van der Waals surface area contributed by atoms with Gasteiger partial charge in [-0.2, -0.15) is 0 Å². The second kappa shape index (κ2) is 10.4. The zero-order chi connectivity index (χ0) is 26.1. The molecule has 188 valence electrons. The van der Waals surface area contributed by atoms with Gasteiger partial charge in [0.15, 0.2) is 0 Å². The van der Waals surface area contributed by atoms with E-state index in [1.807, 2.05) is 37.3 Å². The molecule has 6 nitrogen and oxygen atoms in total. The normalized spacial score (nSPS) is 12.9.